The van der Waals surface area contributed by atoms with Crippen molar-refractivity contribution in [1.82, 2.24) is 44.5 Å². The van der Waals surface area contributed by atoms with Crippen LogP contribution in [-0.2, 0) is 126 Å². The average molecular weight is 1670 g/mol. The molecule has 0 spiro atoms. The number of hydrogen-bond donors (Lipinski definition) is 1. The highest BCUT2D eigenvalue weighted by atomic mass is 16.5. The summed E-state index contributed by atoms with van der Waals surface area (Å²) in [5.41, 5.74) is 13.5. The number of imide groups is 2. The van der Waals surface area contributed by atoms with Gasteiger partial charge in [-0.1, -0.05) is 189 Å². The largest absolute Gasteiger partial charge is 0.489 e. The van der Waals surface area contributed by atoms with E-state index in [0.717, 1.165) is 149 Å². The summed E-state index contributed by atoms with van der Waals surface area (Å²) in [7, 11) is 1.31. The van der Waals surface area contributed by atoms with Gasteiger partial charge in [-0.15, -0.1) is 0 Å². The van der Waals surface area contributed by atoms with E-state index in [2.05, 4.69) is 92.8 Å². The smallest absolute Gasteiger partial charge is 0.305 e. The van der Waals surface area contributed by atoms with Gasteiger partial charge in [0.25, 0.3) is 29.5 Å². The van der Waals surface area contributed by atoms with E-state index in [1.165, 1.54) is 38.5 Å². The summed E-state index contributed by atoms with van der Waals surface area (Å²) in [5.74, 6) is -0.531. The summed E-state index contributed by atoms with van der Waals surface area (Å²) < 4.78 is 39.7. The molecule has 8 aliphatic heterocycles. The highest BCUT2D eigenvalue weighted by Crippen LogP contribution is 2.39. The van der Waals surface area contributed by atoms with Crippen molar-refractivity contribution in [3.63, 3.8) is 0 Å². The van der Waals surface area contributed by atoms with Crippen LogP contribution in [0.1, 0.15) is 144 Å². The Labute approximate surface area is 718 Å². The fourth-order valence-electron chi connectivity index (χ4n) is 16.7. The molecule has 9 aromatic rings. The number of fused-ring (bicyclic) bond motifs is 3. The molecule has 25 nitrogen and oxygen atoms in total. The molecule has 8 aliphatic rings. The average Bonchev–Trinajstić information content (AvgIpc) is 1.63. The van der Waals surface area contributed by atoms with Crippen molar-refractivity contribution in [1.29, 1.82) is 0 Å². The fraction of sp³-hybridized carbons (Fsp3) is 0.357. The number of carbonyl (C=O) groups is 9. The number of ether oxygens (including phenoxy) is 7. The van der Waals surface area contributed by atoms with Crippen molar-refractivity contribution in [2.45, 2.75) is 143 Å². The summed E-state index contributed by atoms with van der Waals surface area (Å²) in [6.07, 6.45) is 1.29. The summed E-state index contributed by atoms with van der Waals surface area (Å²) in [5, 5.41) is 2.93. The van der Waals surface area contributed by atoms with Crippen LogP contribution in [0, 0.1) is 0 Å². The number of benzene rings is 9. The van der Waals surface area contributed by atoms with E-state index in [1.54, 1.807) is 34.1 Å². The van der Waals surface area contributed by atoms with Gasteiger partial charge in [-0.05, 0) is 106 Å². The molecule has 640 valence electrons. The van der Waals surface area contributed by atoms with E-state index in [-0.39, 0.29) is 113 Å². The molecule has 8 amide bonds. The van der Waals surface area contributed by atoms with Crippen LogP contribution in [0.15, 0.2) is 218 Å². The number of nitrogens with zero attached hydrogens (tertiary/aromatic N) is 8. The quantitative estimate of drug-likeness (QED) is 0.0353. The van der Waals surface area contributed by atoms with Crippen LogP contribution in [-0.4, -0.2) is 197 Å². The second-order valence-electron chi connectivity index (χ2n) is 31.7. The summed E-state index contributed by atoms with van der Waals surface area (Å²) in [4.78, 5) is 132. The first-order valence-corrected chi connectivity index (χ1v) is 42.1. The molecule has 0 aromatic heterocycles. The van der Waals surface area contributed by atoms with E-state index in [1.807, 2.05) is 121 Å². The van der Waals surface area contributed by atoms with Gasteiger partial charge in [-0.25, -0.2) is 0 Å². The number of carbonyl (C=O) groups excluding carboxylic acids is 9. The van der Waals surface area contributed by atoms with Crippen LogP contribution < -0.4 is 19.5 Å². The van der Waals surface area contributed by atoms with E-state index in [4.69, 9.17) is 33.2 Å². The molecule has 17 rings (SSSR count). The molecule has 0 bridgehead atoms. The maximum absolute atomic E-state index is 13.5. The molecule has 9 aromatic carbocycles. The van der Waals surface area contributed by atoms with E-state index >= 15 is 0 Å². The Balaban J connectivity index is 0.000000150. The molecule has 25 heteroatoms. The van der Waals surface area contributed by atoms with Crippen molar-refractivity contribution in [3.8, 4) is 17.2 Å². The number of rotatable bonds is 28. The molecule has 0 unspecified atom stereocenters. The van der Waals surface area contributed by atoms with Crippen molar-refractivity contribution in [2.24, 2.45) is 0 Å². The van der Waals surface area contributed by atoms with Gasteiger partial charge in [0.2, 0.25) is 17.7 Å². The van der Waals surface area contributed by atoms with Gasteiger partial charge < -0.3 is 53.2 Å². The minimum Gasteiger partial charge on any atom is -0.489 e. The fourth-order valence-corrected chi connectivity index (χ4v) is 16.7. The molecule has 0 radical (unpaired) electrons. The van der Waals surface area contributed by atoms with Crippen LogP contribution >= 0.6 is 0 Å². The molecule has 5 saturated heterocycles. The van der Waals surface area contributed by atoms with Gasteiger partial charge in [0.1, 0.15) is 55.2 Å². The van der Waals surface area contributed by atoms with Crippen LogP contribution in [0.25, 0.3) is 0 Å². The Hall–Kier alpha value is -12.2. The molecule has 123 heavy (non-hydrogen) atoms. The van der Waals surface area contributed by atoms with Gasteiger partial charge in [0, 0.05) is 118 Å². The molecule has 0 aliphatic carbocycles. The number of piperidine rings is 2. The number of likely N-dealkylation sites (tertiary alicyclic amines) is 2. The Morgan fingerprint density at radius 3 is 1.09 bits per heavy atom. The third-order valence-corrected chi connectivity index (χ3v) is 23.6. The lowest BCUT2D eigenvalue weighted by atomic mass is 10.0. The predicted molar refractivity (Wildman–Crippen MR) is 460 cm³/mol. The van der Waals surface area contributed by atoms with Gasteiger partial charge in [-0.3, -0.25) is 67.7 Å². The van der Waals surface area contributed by atoms with Gasteiger partial charge in [-0.2, -0.15) is 0 Å². The predicted octanol–water partition coefficient (Wildman–Crippen LogP) is 11.9. The summed E-state index contributed by atoms with van der Waals surface area (Å²) in [6.45, 7) is 15.7. The molecule has 5 fully saturated rings. The lowest BCUT2D eigenvalue weighted by molar-refractivity contribution is -0.154. The number of nitrogens with one attached hydrogen (secondary N) is 1. The summed E-state index contributed by atoms with van der Waals surface area (Å²) >= 11 is 0. The van der Waals surface area contributed by atoms with E-state index < -0.39 is 24.1 Å². The minimum absolute atomic E-state index is 0. The maximum atomic E-state index is 13.5. The van der Waals surface area contributed by atoms with Crippen molar-refractivity contribution < 1.29 is 76.3 Å². The lowest BCUT2D eigenvalue weighted by Crippen LogP contribution is -2.54. The number of amides is 8. The highest BCUT2D eigenvalue weighted by molar-refractivity contribution is 6.07. The van der Waals surface area contributed by atoms with Gasteiger partial charge in [0.05, 0.1) is 79.5 Å². The molecule has 0 saturated carbocycles. The first-order valence-electron chi connectivity index (χ1n) is 42.1. The van der Waals surface area contributed by atoms with Gasteiger partial charge >= 0.3 is 5.97 Å². The van der Waals surface area contributed by atoms with E-state index in [9.17, 15) is 43.2 Å². The van der Waals surface area contributed by atoms with Crippen molar-refractivity contribution >= 4 is 53.2 Å². The van der Waals surface area contributed by atoms with Crippen LogP contribution in [0.3, 0.4) is 0 Å². The molecule has 8 heterocycles. The van der Waals surface area contributed by atoms with Crippen molar-refractivity contribution in [2.75, 3.05) is 86.0 Å². The second kappa shape index (κ2) is 42.0. The summed E-state index contributed by atoms with van der Waals surface area (Å²) in [6, 6.07) is 67.8. The highest BCUT2D eigenvalue weighted by Gasteiger charge is 2.46. The topological polar surface area (TPSA) is 256 Å². The van der Waals surface area contributed by atoms with Crippen LogP contribution in [0.2, 0.25) is 0 Å². The Kier molecular flexibility index (Phi) is 29.8. The SMILES string of the molecule is C.COC(=O)CC[C@@H](C(=O)NCc1ccccc1)N1Cc2c(OCc3ccc(CN4CCOCC4)cc3)cccc2C1=O.O=C1CC[C@H](N2Cc3c(OCc4ccc(CN5CCOCC5)cc4)cccc3C2=O)C(=O)N1Cc1ccccc1.O=C1CC[C@H](N2Cc3c(OCc4ccc(CN5CCOCC5)cc4)cccc3C2=O)C(=O)N1Cc1ccccc1. The Bertz CT molecular complexity index is 4950. The first kappa shape index (κ1) is 87.1. The number of methoxy groups -OCH3 is 1. The normalized spacial score (nSPS) is 18.2. The van der Waals surface area contributed by atoms with E-state index in [0.29, 0.717) is 73.1 Å². The standard InChI is InChI=1S/C33H37N3O6.2C32H33N3O5.CH4/c1-40-31(37)15-14-29(32(38)34-20-24-6-3-2-4-7-24)36-22-28-27(33(36)39)8-5-9-30(28)42-23-26-12-10-25(11-13-26)21-35-16-18-41-19-17-35;2*36-30-14-13-28(32(38)35(30)20-23-5-2-1-3-6-23)34-21-27-26(31(34)37)7-4-8-29(27)40-22-25-11-9-24(10-12-25)19-33-15-17-39-18-16-33;/h2-13,29H,14-23H2,1H3,(H,34,38);2*1-12,28H,13-22H2;1H4/t29-;2*28-;/m000./s1. The first-order chi connectivity index (χ1) is 59.6. The second-order valence-corrected chi connectivity index (χ2v) is 31.7. The van der Waals surface area contributed by atoms with Crippen LogP contribution in [0.4, 0.5) is 0 Å². The molecular formula is C98H107N9O16. The zero-order chi connectivity index (χ0) is 84.3. The minimum atomic E-state index is -0.834. The molecule has 1 N–H and O–H groups in total. The zero-order valence-electron chi connectivity index (χ0n) is 68.8. The Morgan fingerprint density at radius 1 is 0.390 bits per heavy atom. The van der Waals surface area contributed by atoms with Gasteiger partial charge in [0.15, 0.2) is 0 Å². The molecular weight excluding hydrogens is 1560 g/mol. The zero-order valence-corrected chi connectivity index (χ0v) is 68.8. The molecule has 3 atom stereocenters. The monoisotopic (exact) mass is 1670 g/mol. The third-order valence-electron chi connectivity index (χ3n) is 23.6. The maximum Gasteiger partial charge on any atom is 0.305 e. The van der Waals surface area contributed by atoms with Crippen molar-refractivity contribution in [3.05, 3.63) is 302 Å². The number of hydrogen-bond acceptors (Lipinski definition) is 19. The Morgan fingerprint density at radius 2 is 0.724 bits per heavy atom. The lowest BCUT2D eigenvalue weighted by Gasteiger charge is -2.35. The number of esters is 1. The van der Waals surface area contributed by atoms with Crippen LogP contribution in [0.5, 0.6) is 17.2 Å². The third kappa shape index (κ3) is 22.0. The number of morpholine rings is 3.